The molecule has 1 N–H and O–H groups in total. The van der Waals surface area contributed by atoms with Gasteiger partial charge in [-0.05, 0) is 50.6 Å². The Hall–Kier alpha value is -3.69. The molecule has 0 radical (unpaired) electrons. The van der Waals surface area contributed by atoms with Gasteiger partial charge in [0.2, 0.25) is 0 Å². The molecule has 0 aliphatic heterocycles. The van der Waals surface area contributed by atoms with Crippen LogP contribution < -0.4 is 10.1 Å². The first-order valence-electron chi connectivity index (χ1n) is 13.7. The number of nitrogens with zero attached hydrogens (tertiary/aromatic N) is 3. The molecule has 0 saturated heterocycles. The van der Waals surface area contributed by atoms with Crippen LogP contribution in [0.1, 0.15) is 20.8 Å². The van der Waals surface area contributed by atoms with Gasteiger partial charge in [-0.3, -0.25) is 9.97 Å². The Bertz CT molecular complexity index is 1430. The van der Waals surface area contributed by atoms with Crippen molar-refractivity contribution in [2.24, 2.45) is 0 Å². The summed E-state index contributed by atoms with van der Waals surface area (Å²) in [6.07, 6.45) is 4.81. The van der Waals surface area contributed by atoms with Gasteiger partial charge >= 0.3 is 6.09 Å². The summed E-state index contributed by atoms with van der Waals surface area (Å²) in [5, 5.41) is 2.75. The normalized spacial score (nSPS) is 11.9. The van der Waals surface area contributed by atoms with E-state index in [-0.39, 0.29) is 6.61 Å². The number of rotatable bonds is 11. The molecule has 1 amide bonds. The lowest BCUT2D eigenvalue weighted by Gasteiger charge is -2.20. The summed E-state index contributed by atoms with van der Waals surface area (Å²) < 4.78 is 20.0. The van der Waals surface area contributed by atoms with Crippen molar-refractivity contribution in [3.63, 3.8) is 0 Å². The summed E-state index contributed by atoms with van der Waals surface area (Å²) in [4.78, 5) is 21.2. The molecule has 0 saturated carbocycles. The molecule has 4 rings (SSSR count). The molecule has 0 aliphatic carbocycles. The van der Waals surface area contributed by atoms with E-state index < -0.39 is 19.8 Å². The first kappa shape index (κ1) is 29.3. The molecule has 3 heterocycles. The third-order valence-corrected chi connectivity index (χ3v) is 7.87. The van der Waals surface area contributed by atoms with Gasteiger partial charge in [0.25, 0.3) is 0 Å². The van der Waals surface area contributed by atoms with E-state index in [4.69, 9.17) is 19.2 Å². The fraction of sp³-hybridized carbons (Fsp3) is 0.387. The number of ether oxygens (including phenoxy) is 3. The van der Waals surface area contributed by atoms with E-state index in [1.54, 1.807) is 12.4 Å². The van der Waals surface area contributed by atoms with Crippen LogP contribution in [-0.4, -0.2) is 54.1 Å². The minimum atomic E-state index is -1.24. The summed E-state index contributed by atoms with van der Waals surface area (Å²) in [5.74, 6) is 0.608. The Balaban J connectivity index is 1.70. The number of fused-ring (bicyclic) bond motifs is 1. The van der Waals surface area contributed by atoms with Gasteiger partial charge in [-0.1, -0.05) is 50.0 Å². The van der Waals surface area contributed by atoms with Crippen molar-refractivity contribution in [1.29, 1.82) is 0 Å². The number of alkyl carbamates (subject to hydrolysis) is 1. The molecule has 0 fully saturated rings. The van der Waals surface area contributed by atoms with E-state index in [2.05, 4.69) is 52.7 Å². The fourth-order valence-corrected chi connectivity index (χ4v) is 5.08. The molecule has 3 aromatic heterocycles. The monoisotopic (exact) mass is 560 g/mol. The van der Waals surface area contributed by atoms with Crippen molar-refractivity contribution in [3.8, 4) is 28.1 Å². The molecule has 4 aromatic rings. The maximum Gasteiger partial charge on any atom is 0.407 e. The Labute approximate surface area is 237 Å². The van der Waals surface area contributed by atoms with E-state index in [1.807, 2.05) is 57.3 Å². The summed E-state index contributed by atoms with van der Waals surface area (Å²) in [6.45, 7) is 14.2. The largest absolute Gasteiger partial charge is 0.489 e. The minimum absolute atomic E-state index is 0.254. The van der Waals surface area contributed by atoms with Gasteiger partial charge in [-0.2, -0.15) is 0 Å². The topological polar surface area (TPSA) is 87.5 Å². The van der Waals surface area contributed by atoms with E-state index in [1.165, 1.54) is 0 Å². The fourth-order valence-electron chi connectivity index (χ4n) is 4.32. The highest BCUT2D eigenvalue weighted by molar-refractivity contribution is 6.76. The Kier molecular flexibility index (Phi) is 9.27. The highest BCUT2D eigenvalue weighted by atomic mass is 28.3. The second kappa shape index (κ2) is 12.7. The number of amides is 1. The van der Waals surface area contributed by atoms with Crippen LogP contribution >= 0.6 is 0 Å². The Morgan fingerprint density at radius 2 is 1.77 bits per heavy atom. The molecular formula is C31H40N4O4Si. The number of benzene rings is 1. The number of nitrogens with one attached hydrogen (secondary N) is 1. The van der Waals surface area contributed by atoms with Gasteiger partial charge in [0, 0.05) is 38.2 Å². The quantitative estimate of drug-likeness (QED) is 0.157. The van der Waals surface area contributed by atoms with Gasteiger partial charge in [-0.15, -0.1) is 0 Å². The Morgan fingerprint density at radius 3 is 2.50 bits per heavy atom. The molecule has 0 unspecified atom stereocenters. The van der Waals surface area contributed by atoms with Crippen LogP contribution in [0.2, 0.25) is 25.7 Å². The molecule has 1 aromatic carbocycles. The molecule has 0 aliphatic rings. The van der Waals surface area contributed by atoms with Crippen LogP contribution in [0.15, 0.2) is 67.1 Å². The van der Waals surface area contributed by atoms with Gasteiger partial charge in [0.15, 0.2) is 0 Å². The van der Waals surface area contributed by atoms with Crippen molar-refractivity contribution in [2.45, 2.75) is 58.8 Å². The third kappa shape index (κ3) is 7.70. The van der Waals surface area contributed by atoms with Gasteiger partial charge in [-0.25, -0.2) is 4.79 Å². The van der Waals surface area contributed by atoms with Crippen molar-refractivity contribution in [2.75, 3.05) is 19.8 Å². The summed E-state index contributed by atoms with van der Waals surface area (Å²) >= 11 is 0. The lowest BCUT2D eigenvalue weighted by Crippen LogP contribution is -2.34. The maximum atomic E-state index is 12.1. The van der Waals surface area contributed by atoms with E-state index >= 15 is 0 Å². The highest BCUT2D eigenvalue weighted by Crippen LogP contribution is 2.43. The first-order chi connectivity index (χ1) is 19.0. The van der Waals surface area contributed by atoms with Crippen molar-refractivity contribution in [1.82, 2.24) is 19.9 Å². The number of pyridine rings is 2. The van der Waals surface area contributed by atoms with Crippen LogP contribution in [0, 0.1) is 0 Å². The predicted molar refractivity (Wildman–Crippen MR) is 162 cm³/mol. The molecular weight excluding hydrogens is 520 g/mol. The van der Waals surface area contributed by atoms with E-state index in [0.717, 1.165) is 39.5 Å². The lowest BCUT2D eigenvalue weighted by molar-refractivity contribution is 0.0520. The molecule has 40 heavy (non-hydrogen) atoms. The SMILES string of the molecule is CC(C)(C)OC(=O)NCCOc1cnccc1-c1c(-c2ccccc2)c2ncccc2n1COCC[Si](C)(C)C. The minimum Gasteiger partial charge on any atom is -0.489 e. The number of hydrogen-bond donors (Lipinski definition) is 1. The zero-order chi connectivity index (χ0) is 28.8. The molecule has 0 atom stereocenters. The number of carbonyl (C=O) groups is 1. The highest BCUT2D eigenvalue weighted by Gasteiger charge is 2.24. The zero-order valence-corrected chi connectivity index (χ0v) is 25.4. The molecule has 0 spiro atoms. The van der Waals surface area contributed by atoms with Crippen molar-refractivity contribution in [3.05, 3.63) is 67.1 Å². The van der Waals surface area contributed by atoms with Crippen LogP contribution in [0.5, 0.6) is 5.75 Å². The van der Waals surface area contributed by atoms with Crippen molar-refractivity contribution < 1.29 is 19.0 Å². The van der Waals surface area contributed by atoms with Crippen LogP contribution in [0.25, 0.3) is 33.4 Å². The number of carbonyl (C=O) groups excluding carboxylic acids is 1. The average Bonchev–Trinajstić information content (AvgIpc) is 3.22. The summed E-state index contributed by atoms with van der Waals surface area (Å²) in [6, 6.07) is 17.3. The number of hydrogen-bond acceptors (Lipinski definition) is 6. The molecule has 8 nitrogen and oxygen atoms in total. The molecule has 0 bridgehead atoms. The maximum absolute atomic E-state index is 12.1. The van der Waals surface area contributed by atoms with Crippen LogP contribution in [0.4, 0.5) is 4.79 Å². The Morgan fingerprint density at radius 1 is 1.00 bits per heavy atom. The first-order valence-corrected chi connectivity index (χ1v) is 17.4. The average molecular weight is 561 g/mol. The smallest absolute Gasteiger partial charge is 0.407 e. The second-order valence-electron chi connectivity index (χ2n) is 11.9. The van der Waals surface area contributed by atoms with Crippen LogP contribution in [-0.2, 0) is 16.2 Å². The summed E-state index contributed by atoms with van der Waals surface area (Å²) in [5.41, 5.74) is 5.20. The van der Waals surface area contributed by atoms with E-state index in [0.29, 0.717) is 25.6 Å². The second-order valence-corrected chi connectivity index (χ2v) is 17.5. The zero-order valence-electron chi connectivity index (χ0n) is 24.4. The van der Waals surface area contributed by atoms with Gasteiger partial charge in [0.05, 0.1) is 29.5 Å². The predicted octanol–water partition coefficient (Wildman–Crippen LogP) is 6.98. The molecule has 9 heteroatoms. The summed E-state index contributed by atoms with van der Waals surface area (Å²) in [7, 11) is -1.24. The van der Waals surface area contributed by atoms with Crippen LogP contribution in [0.3, 0.4) is 0 Å². The van der Waals surface area contributed by atoms with Gasteiger partial charge in [0.1, 0.15) is 24.7 Å². The molecule has 212 valence electrons. The number of aromatic nitrogens is 3. The third-order valence-electron chi connectivity index (χ3n) is 6.17. The standard InChI is InChI=1S/C31H40N4O4Si/c1-31(2,3)39-30(36)34-17-18-38-26-21-32-16-14-24(26)29-27(23-11-8-7-9-12-23)28-25(13-10-15-33-28)35(29)22-37-19-20-40(4,5)6/h7-16,21H,17-20,22H2,1-6H3,(H,34,36). The van der Waals surface area contributed by atoms with E-state index in [9.17, 15) is 4.79 Å². The lowest BCUT2D eigenvalue weighted by atomic mass is 10.0. The van der Waals surface area contributed by atoms with Gasteiger partial charge < -0.3 is 24.1 Å². The van der Waals surface area contributed by atoms with Crippen molar-refractivity contribution >= 4 is 25.2 Å².